The van der Waals surface area contributed by atoms with Gasteiger partial charge in [-0.25, -0.2) is 0 Å². The van der Waals surface area contributed by atoms with Crippen molar-refractivity contribution < 1.29 is 4.74 Å². The molecule has 2 heterocycles. The topological polar surface area (TPSA) is 35.2 Å². The summed E-state index contributed by atoms with van der Waals surface area (Å²) in [5.74, 6) is 0.932. The predicted octanol–water partition coefficient (Wildman–Crippen LogP) is 2.36. The van der Waals surface area contributed by atoms with E-state index in [1.807, 2.05) is 0 Å². The molecule has 0 saturated heterocycles. The van der Waals surface area contributed by atoms with Crippen molar-refractivity contribution in [3.05, 3.63) is 33.7 Å². The third kappa shape index (κ3) is 1.76. The van der Waals surface area contributed by atoms with Crippen molar-refractivity contribution in [3.8, 4) is 0 Å². The highest BCUT2D eigenvalue weighted by Gasteiger charge is 2.17. The van der Waals surface area contributed by atoms with Gasteiger partial charge in [-0.15, -0.1) is 11.3 Å². The third-order valence-corrected chi connectivity index (χ3v) is 3.23. The van der Waals surface area contributed by atoms with E-state index in [-0.39, 0.29) is 6.04 Å². The van der Waals surface area contributed by atoms with Crippen molar-refractivity contribution in [3.63, 3.8) is 0 Å². The van der Waals surface area contributed by atoms with Gasteiger partial charge < -0.3 is 10.5 Å². The van der Waals surface area contributed by atoms with Crippen LogP contribution in [0.5, 0.6) is 0 Å². The first-order chi connectivity index (χ1) is 6.27. The summed E-state index contributed by atoms with van der Waals surface area (Å²) in [5.41, 5.74) is 7.30. The van der Waals surface area contributed by atoms with Crippen LogP contribution in [0, 0.1) is 6.92 Å². The average Bonchev–Trinajstić information content (AvgIpc) is 2.72. The molecular formula is C10H13NOS. The summed E-state index contributed by atoms with van der Waals surface area (Å²) in [6.07, 6.45) is 3.08. The van der Waals surface area contributed by atoms with E-state index in [0.29, 0.717) is 0 Å². The van der Waals surface area contributed by atoms with Crippen LogP contribution in [0.4, 0.5) is 0 Å². The quantitative estimate of drug-likeness (QED) is 0.786. The van der Waals surface area contributed by atoms with Crippen LogP contribution in [-0.2, 0) is 4.74 Å². The number of aryl methyl sites for hydroxylation is 1. The van der Waals surface area contributed by atoms with E-state index in [1.54, 1.807) is 11.3 Å². The molecule has 0 spiro atoms. The van der Waals surface area contributed by atoms with Gasteiger partial charge in [0.1, 0.15) is 5.76 Å². The normalized spacial score (nSPS) is 18.2. The molecule has 0 fully saturated rings. The largest absolute Gasteiger partial charge is 0.496 e. The SMILES string of the molecule is Cc1csc(C(N)C2=CCCO2)c1. The minimum atomic E-state index is -0.0544. The molecule has 1 unspecified atom stereocenters. The molecular weight excluding hydrogens is 182 g/mol. The number of thiophene rings is 1. The standard InChI is InChI=1S/C10H13NOS/c1-7-5-9(13-6-7)10(11)8-3-2-4-12-8/h3,5-6,10H,2,4,11H2,1H3. The van der Waals surface area contributed by atoms with Gasteiger partial charge >= 0.3 is 0 Å². The summed E-state index contributed by atoms with van der Waals surface area (Å²) >= 11 is 1.70. The van der Waals surface area contributed by atoms with Crippen molar-refractivity contribution in [2.24, 2.45) is 5.73 Å². The molecule has 0 aliphatic carbocycles. The summed E-state index contributed by atoms with van der Waals surface area (Å²) < 4.78 is 5.42. The Labute approximate surface area is 82.0 Å². The number of hydrogen-bond acceptors (Lipinski definition) is 3. The fourth-order valence-electron chi connectivity index (χ4n) is 1.41. The molecule has 1 aliphatic heterocycles. The van der Waals surface area contributed by atoms with Crippen LogP contribution < -0.4 is 5.73 Å². The summed E-state index contributed by atoms with van der Waals surface area (Å²) in [6, 6.07) is 2.07. The molecule has 0 radical (unpaired) electrons. The molecule has 2 N–H and O–H groups in total. The van der Waals surface area contributed by atoms with Gasteiger partial charge in [-0.2, -0.15) is 0 Å². The maximum absolute atomic E-state index is 6.03. The molecule has 2 rings (SSSR count). The first kappa shape index (κ1) is 8.78. The molecule has 1 aromatic heterocycles. The van der Waals surface area contributed by atoms with Crippen molar-refractivity contribution >= 4 is 11.3 Å². The van der Waals surface area contributed by atoms with Gasteiger partial charge in [-0.1, -0.05) is 0 Å². The van der Waals surface area contributed by atoms with Gasteiger partial charge in [0.15, 0.2) is 0 Å². The molecule has 13 heavy (non-hydrogen) atoms. The van der Waals surface area contributed by atoms with E-state index < -0.39 is 0 Å². The Bertz CT molecular complexity index is 329. The van der Waals surface area contributed by atoms with E-state index in [9.17, 15) is 0 Å². The van der Waals surface area contributed by atoms with Crippen LogP contribution in [0.25, 0.3) is 0 Å². The number of nitrogens with two attached hydrogens (primary N) is 1. The Balaban J connectivity index is 2.16. The maximum atomic E-state index is 6.03. The highest BCUT2D eigenvalue weighted by molar-refractivity contribution is 7.10. The van der Waals surface area contributed by atoms with E-state index in [2.05, 4.69) is 24.4 Å². The van der Waals surface area contributed by atoms with E-state index in [4.69, 9.17) is 10.5 Å². The van der Waals surface area contributed by atoms with Crippen LogP contribution in [0.1, 0.15) is 22.9 Å². The molecule has 1 aliphatic rings. The van der Waals surface area contributed by atoms with Gasteiger partial charge in [0, 0.05) is 11.3 Å². The highest BCUT2D eigenvalue weighted by Crippen LogP contribution is 2.28. The predicted molar refractivity (Wildman–Crippen MR) is 54.6 cm³/mol. The van der Waals surface area contributed by atoms with Gasteiger partial charge in [0.25, 0.3) is 0 Å². The number of hydrogen-bond donors (Lipinski definition) is 1. The number of ether oxygens (including phenoxy) is 1. The molecule has 0 bridgehead atoms. The minimum Gasteiger partial charge on any atom is -0.496 e. The Hall–Kier alpha value is -0.800. The average molecular weight is 195 g/mol. The lowest BCUT2D eigenvalue weighted by molar-refractivity contribution is 0.226. The molecule has 70 valence electrons. The maximum Gasteiger partial charge on any atom is 0.114 e. The first-order valence-corrected chi connectivity index (χ1v) is 5.29. The molecule has 1 atom stereocenters. The summed E-state index contributed by atoms with van der Waals surface area (Å²) in [7, 11) is 0. The Morgan fingerprint density at radius 2 is 2.46 bits per heavy atom. The van der Waals surface area contributed by atoms with Crippen molar-refractivity contribution in [2.45, 2.75) is 19.4 Å². The summed E-state index contributed by atoms with van der Waals surface area (Å²) in [4.78, 5) is 1.19. The van der Waals surface area contributed by atoms with Crippen LogP contribution >= 0.6 is 11.3 Å². The van der Waals surface area contributed by atoms with Crippen LogP contribution in [0.2, 0.25) is 0 Å². The zero-order valence-electron chi connectivity index (χ0n) is 7.62. The summed E-state index contributed by atoms with van der Waals surface area (Å²) in [6.45, 7) is 2.87. The highest BCUT2D eigenvalue weighted by atomic mass is 32.1. The van der Waals surface area contributed by atoms with Crippen LogP contribution in [-0.4, -0.2) is 6.61 Å². The summed E-state index contributed by atoms with van der Waals surface area (Å²) in [5, 5.41) is 2.12. The van der Waals surface area contributed by atoms with Gasteiger partial charge in [0.05, 0.1) is 12.6 Å². The lowest BCUT2D eigenvalue weighted by Crippen LogP contribution is -2.11. The molecule has 0 saturated carbocycles. The second-order valence-electron chi connectivity index (χ2n) is 3.25. The molecule has 0 amide bonds. The van der Waals surface area contributed by atoms with E-state index >= 15 is 0 Å². The van der Waals surface area contributed by atoms with Crippen molar-refractivity contribution in [2.75, 3.05) is 6.61 Å². The van der Waals surface area contributed by atoms with Gasteiger partial charge in [-0.05, 0) is 30.0 Å². The molecule has 3 heteroatoms. The fraction of sp³-hybridized carbons (Fsp3) is 0.400. The molecule has 1 aromatic rings. The fourth-order valence-corrected chi connectivity index (χ4v) is 2.32. The Morgan fingerprint density at radius 1 is 1.62 bits per heavy atom. The Morgan fingerprint density at radius 3 is 3.00 bits per heavy atom. The smallest absolute Gasteiger partial charge is 0.114 e. The van der Waals surface area contributed by atoms with Crippen molar-refractivity contribution in [1.29, 1.82) is 0 Å². The lowest BCUT2D eigenvalue weighted by Gasteiger charge is -2.10. The Kier molecular flexibility index (Phi) is 2.38. The van der Waals surface area contributed by atoms with Gasteiger partial charge in [0.2, 0.25) is 0 Å². The van der Waals surface area contributed by atoms with Gasteiger partial charge in [-0.3, -0.25) is 0 Å². The van der Waals surface area contributed by atoms with Crippen LogP contribution in [0.3, 0.4) is 0 Å². The van der Waals surface area contributed by atoms with Crippen molar-refractivity contribution in [1.82, 2.24) is 0 Å². The molecule has 2 nitrogen and oxygen atoms in total. The second kappa shape index (κ2) is 3.52. The van der Waals surface area contributed by atoms with Crippen LogP contribution in [0.15, 0.2) is 23.3 Å². The second-order valence-corrected chi connectivity index (χ2v) is 4.19. The lowest BCUT2D eigenvalue weighted by atomic mass is 10.2. The zero-order chi connectivity index (χ0) is 9.26. The zero-order valence-corrected chi connectivity index (χ0v) is 8.43. The monoisotopic (exact) mass is 195 g/mol. The van der Waals surface area contributed by atoms with E-state index in [1.165, 1.54) is 10.4 Å². The van der Waals surface area contributed by atoms with E-state index in [0.717, 1.165) is 18.8 Å². The number of rotatable bonds is 2. The minimum absolute atomic E-state index is 0.0544. The third-order valence-electron chi connectivity index (χ3n) is 2.10. The molecule has 0 aromatic carbocycles. The first-order valence-electron chi connectivity index (χ1n) is 4.41.